The fourth-order valence-corrected chi connectivity index (χ4v) is 6.95. The van der Waals surface area contributed by atoms with Crippen molar-refractivity contribution in [2.75, 3.05) is 0 Å². The van der Waals surface area contributed by atoms with Crippen LogP contribution in [0.1, 0.15) is 6.85 Å². The van der Waals surface area contributed by atoms with Crippen molar-refractivity contribution in [3.8, 4) is 51.0 Å². The molecular weight excluding hydrogens is 613 g/mol. The smallest absolute Gasteiger partial charge is 0.238 e. The van der Waals surface area contributed by atoms with Gasteiger partial charge in [-0.15, -0.1) is 0 Å². The molecule has 0 aliphatic carbocycles. The number of benzene rings is 7. The number of furan rings is 1. The van der Waals surface area contributed by atoms with Crippen molar-refractivity contribution in [1.29, 1.82) is 0 Å². The fraction of sp³-hybridized carbons (Fsp3) is 0. The van der Waals surface area contributed by atoms with Gasteiger partial charge in [-0.3, -0.25) is 4.57 Å². The van der Waals surface area contributed by atoms with Crippen molar-refractivity contribution < 1.29 is 11.3 Å². The SMILES string of the molecule is [2H]c1c([2H])c([2H])c(-c2cccc3c2c2ccccc2n3-c2nc(-c3ccccc3)nc(-c3cccc4oc5ccc(-c6ccccc6)cc5c34)n2)c([2H])c1[2H]. The van der Waals surface area contributed by atoms with Crippen LogP contribution in [0.5, 0.6) is 0 Å². The molecule has 10 aromatic rings. The van der Waals surface area contributed by atoms with E-state index in [1.807, 2.05) is 114 Å². The number of hydrogen-bond acceptors (Lipinski definition) is 4. The van der Waals surface area contributed by atoms with Gasteiger partial charge >= 0.3 is 0 Å². The van der Waals surface area contributed by atoms with Gasteiger partial charge in [-0.25, -0.2) is 4.98 Å². The van der Waals surface area contributed by atoms with Crippen LogP contribution in [0.25, 0.3) is 94.7 Å². The first-order valence-corrected chi connectivity index (χ1v) is 16.3. The predicted molar refractivity (Wildman–Crippen MR) is 203 cm³/mol. The largest absolute Gasteiger partial charge is 0.456 e. The fourth-order valence-electron chi connectivity index (χ4n) is 6.95. The minimum atomic E-state index is -0.434. The maximum Gasteiger partial charge on any atom is 0.238 e. The van der Waals surface area contributed by atoms with E-state index in [-0.39, 0.29) is 29.7 Å². The lowest BCUT2D eigenvalue weighted by atomic mass is 9.99. The van der Waals surface area contributed by atoms with E-state index in [0.29, 0.717) is 34.3 Å². The van der Waals surface area contributed by atoms with E-state index >= 15 is 0 Å². The molecule has 3 aromatic heterocycles. The van der Waals surface area contributed by atoms with E-state index in [9.17, 15) is 0 Å². The molecule has 0 radical (unpaired) electrons. The molecule has 234 valence electrons. The lowest BCUT2D eigenvalue weighted by Crippen LogP contribution is -2.06. The summed E-state index contributed by atoms with van der Waals surface area (Å²) in [6.07, 6.45) is 0. The predicted octanol–water partition coefficient (Wildman–Crippen LogP) is 11.5. The summed E-state index contributed by atoms with van der Waals surface area (Å²) in [6, 6.07) is 43.7. The number of hydrogen-bond donors (Lipinski definition) is 0. The van der Waals surface area contributed by atoms with E-state index in [2.05, 4.69) is 24.3 Å². The lowest BCUT2D eigenvalue weighted by Gasteiger charge is -2.12. The minimum Gasteiger partial charge on any atom is -0.456 e. The Hall–Kier alpha value is -6.85. The third-order valence-electron chi connectivity index (χ3n) is 9.17. The summed E-state index contributed by atoms with van der Waals surface area (Å²) >= 11 is 0. The normalized spacial score (nSPS) is 13.0. The molecule has 3 heterocycles. The second-order valence-corrected chi connectivity index (χ2v) is 12.1. The molecule has 0 unspecified atom stereocenters. The van der Waals surface area contributed by atoms with Crippen LogP contribution in [0.3, 0.4) is 0 Å². The molecular formula is C45H28N4O. The third-order valence-corrected chi connectivity index (χ3v) is 9.17. The van der Waals surface area contributed by atoms with Crippen LogP contribution >= 0.6 is 0 Å². The van der Waals surface area contributed by atoms with Crippen LogP contribution < -0.4 is 0 Å². The van der Waals surface area contributed by atoms with Crippen LogP contribution in [0.15, 0.2) is 174 Å². The topological polar surface area (TPSA) is 56.7 Å². The highest BCUT2D eigenvalue weighted by Gasteiger charge is 2.21. The molecule has 0 atom stereocenters. The quantitative estimate of drug-likeness (QED) is 0.187. The van der Waals surface area contributed by atoms with Crippen LogP contribution in [0.2, 0.25) is 0 Å². The summed E-state index contributed by atoms with van der Waals surface area (Å²) in [5.74, 6) is 1.29. The highest BCUT2D eigenvalue weighted by atomic mass is 16.3. The number of aromatic nitrogens is 4. The Balaban J connectivity index is 1.27. The maximum absolute atomic E-state index is 8.83. The van der Waals surface area contributed by atoms with E-state index in [1.54, 1.807) is 6.07 Å². The summed E-state index contributed by atoms with van der Waals surface area (Å²) in [5, 5.41) is 3.36. The van der Waals surface area contributed by atoms with Gasteiger partial charge in [0.2, 0.25) is 5.95 Å². The van der Waals surface area contributed by atoms with Gasteiger partial charge in [0.15, 0.2) is 11.6 Å². The Labute approximate surface area is 294 Å². The third kappa shape index (κ3) is 4.52. The molecule has 0 aliphatic heterocycles. The van der Waals surface area contributed by atoms with E-state index in [4.69, 9.17) is 26.2 Å². The van der Waals surface area contributed by atoms with Crippen molar-refractivity contribution in [2.24, 2.45) is 0 Å². The highest BCUT2D eigenvalue weighted by Crippen LogP contribution is 2.40. The molecule has 0 amide bonds. The Morgan fingerprint density at radius 1 is 0.460 bits per heavy atom. The van der Waals surface area contributed by atoms with Gasteiger partial charge in [0.25, 0.3) is 0 Å². The molecule has 5 nitrogen and oxygen atoms in total. The van der Waals surface area contributed by atoms with Crippen LogP contribution in [0.4, 0.5) is 0 Å². The molecule has 0 saturated carbocycles. The Kier molecular flexibility index (Phi) is 5.35. The van der Waals surface area contributed by atoms with Gasteiger partial charge in [-0.2, -0.15) is 9.97 Å². The number of rotatable bonds is 5. The molecule has 0 saturated heterocycles. The molecule has 0 N–H and O–H groups in total. The Morgan fingerprint density at radius 2 is 1.16 bits per heavy atom. The summed E-state index contributed by atoms with van der Waals surface area (Å²) in [6.45, 7) is 0. The number of nitrogens with zero attached hydrogens (tertiary/aromatic N) is 4. The highest BCUT2D eigenvalue weighted by molar-refractivity contribution is 6.16. The van der Waals surface area contributed by atoms with Crippen molar-refractivity contribution >= 4 is 43.7 Å². The molecule has 0 spiro atoms. The average molecular weight is 646 g/mol. The van der Waals surface area contributed by atoms with Gasteiger partial charge in [-0.1, -0.05) is 139 Å². The molecule has 5 heteroatoms. The van der Waals surface area contributed by atoms with Gasteiger partial charge in [0.1, 0.15) is 11.2 Å². The lowest BCUT2D eigenvalue weighted by molar-refractivity contribution is 0.669. The summed E-state index contributed by atoms with van der Waals surface area (Å²) in [5.41, 5.74) is 7.36. The van der Waals surface area contributed by atoms with Crippen LogP contribution in [0, 0.1) is 0 Å². The second-order valence-electron chi connectivity index (χ2n) is 12.1. The molecule has 10 rings (SSSR count). The average Bonchev–Trinajstić information content (AvgIpc) is 3.79. The van der Waals surface area contributed by atoms with E-state index in [1.165, 1.54) is 0 Å². The first-order chi connectivity index (χ1) is 26.9. The zero-order valence-corrected chi connectivity index (χ0v) is 26.5. The van der Waals surface area contributed by atoms with Gasteiger partial charge in [0, 0.05) is 32.7 Å². The molecule has 7 aromatic carbocycles. The summed E-state index contributed by atoms with van der Waals surface area (Å²) in [7, 11) is 0. The molecule has 0 fully saturated rings. The maximum atomic E-state index is 8.83. The van der Waals surface area contributed by atoms with Gasteiger partial charge < -0.3 is 4.42 Å². The zero-order valence-electron chi connectivity index (χ0n) is 31.5. The zero-order chi connectivity index (χ0) is 37.4. The van der Waals surface area contributed by atoms with Crippen LogP contribution in [-0.2, 0) is 0 Å². The minimum absolute atomic E-state index is 0.134. The standard InChI is InChI=1S/C45H28N4O/c1-4-14-29(15-5-1)32-26-27-39-36(28-32)42-35(22-13-25-40(42)50-39)44-46-43(31-18-8-3-9-19-31)47-45(48-44)49-37-23-11-10-20-34(37)41-33(21-12-24-38(41)49)30-16-6-2-7-17-30/h1-28H/i2D,6D,7D,16D,17D. The molecule has 0 bridgehead atoms. The summed E-state index contributed by atoms with van der Waals surface area (Å²) < 4.78 is 51.0. The number of fused-ring (bicyclic) bond motifs is 6. The molecule has 50 heavy (non-hydrogen) atoms. The Morgan fingerprint density at radius 3 is 2.00 bits per heavy atom. The second kappa shape index (κ2) is 11.4. The summed E-state index contributed by atoms with van der Waals surface area (Å²) in [4.78, 5) is 15.4. The van der Waals surface area contributed by atoms with Crippen molar-refractivity contribution in [1.82, 2.24) is 19.5 Å². The molecule has 0 aliphatic rings. The van der Waals surface area contributed by atoms with E-state index < -0.39 is 6.04 Å². The first kappa shape index (κ1) is 23.5. The van der Waals surface area contributed by atoms with Crippen molar-refractivity contribution in [3.05, 3.63) is 170 Å². The monoisotopic (exact) mass is 645 g/mol. The Bertz CT molecular complexity index is 3130. The first-order valence-electron chi connectivity index (χ1n) is 18.8. The number of para-hydroxylation sites is 1. The van der Waals surface area contributed by atoms with Crippen molar-refractivity contribution in [3.63, 3.8) is 0 Å². The van der Waals surface area contributed by atoms with Crippen molar-refractivity contribution in [2.45, 2.75) is 0 Å². The van der Waals surface area contributed by atoms with Crippen LogP contribution in [-0.4, -0.2) is 19.5 Å². The van der Waals surface area contributed by atoms with E-state index in [0.717, 1.165) is 54.9 Å². The van der Waals surface area contributed by atoms with Gasteiger partial charge in [0.05, 0.1) is 17.9 Å². The van der Waals surface area contributed by atoms with Gasteiger partial charge in [-0.05, 0) is 52.6 Å².